The Morgan fingerprint density at radius 1 is 1.25 bits per heavy atom. The molecule has 0 heterocycles. The highest BCUT2D eigenvalue weighted by molar-refractivity contribution is 5.92. The van der Waals surface area contributed by atoms with Crippen molar-refractivity contribution in [3.05, 3.63) is 30.3 Å². The molecule has 1 aliphatic carbocycles. The van der Waals surface area contributed by atoms with E-state index in [2.05, 4.69) is 17.1 Å². The predicted octanol–water partition coefficient (Wildman–Crippen LogP) is 2.22. The van der Waals surface area contributed by atoms with Crippen molar-refractivity contribution < 1.29 is 4.79 Å². The number of nitrogens with zero attached hydrogens (tertiary/aromatic N) is 1. The van der Waals surface area contributed by atoms with Gasteiger partial charge in [0.25, 0.3) is 0 Å². The normalized spacial score (nSPS) is 22.8. The summed E-state index contributed by atoms with van der Waals surface area (Å²) in [6.07, 6.45) is 4.35. The summed E-state index contributed by atoms with van der Waals surface area (Å²) < 4.78 is 0. The van der Waals surface area contributed by atoms with Crippen molar-refractivity contribution in [2.75, 3.05) is 18.4 Å². The minimum absolute atomic E-state index is 0.0629. The van der Waals surface area contributed by atoms with Crippen LogP contribution in [0.3, 0.4) is 0 Å². The number of likely N-dealkylation sites (N-methyl/N-ethyl adjacent to an activating group) is 1. The van der Waals surface area contributed by atoms with Crippen LogP contribution in [0, 0.1) is 0 Å². The zero-order valence-corrected chi connectivity index (χ0v) is 12.2. The Morgan fingerprint density at radius 2 is 1.90 bits per heavy atom. The molecule has 20 heavy (non-hydrogen) atoms. The van der Waals surface area contributed by atoms with Gasteiger partial charge in [0.2, 0.25) is 5.91 Å². The van der Waals surface area contributed by atoms with Gasteiger partial charge in [0, 0.05) is 17.8 Å². The fourth-order valence-corrected chi connectivity index (χ4v) is 2.87. The van der Waals surface area contributed by atoms with Gasteiger partial charge in [0.15, 0.2) is 0 Å². The Kier molecular flexibility index (Phi) is 5.56. The molecule has 1 aliphatic rings. The number of carbonyl (C=O) groups is 1. The summed E-state index contributed by atoms with van der Waals surface area (Å²) in [6, 6.07) is 10.5. The number of benzene rings is 1. The third-order valence-corrected chi connectivity index (χ3v) is 4.07. The molecular weight excluding hydrogens is 250 g/mol. The molecule has 2 rings (SSSR count). The minimum Gasteiger partial charge on any atom is -0.328 e. The van der Waals surface area contributed by atoms with E-state index in [4.69, 9.17) is 5.73 Å². The maximum absolute atomic E-state index is 12.1. The van der Waals surface area contributed by atoms with Crippen molar-refractivity contribution in [2.24, 2.45) is 5.73 Å². The molecule has 4 heteroatoms. The number of amides is 1. The fourth-order valence-electron chi connectivity index (χ4n) is 2.87. The number of hydrogen-bond acceptors (Lipinski definition) is 3. The summed E-state index contributed by atoms with van der Waals surface area (Å²) in [5, 5.41) is 2.95. The topological polar surface area (TPSA) is 58.4 Å². The number of hydrogen-bond donors (Lipinski definition) is 2. The molecule has 0 radical (unpaired) electrons. The molecule has 0 saturated heterocycles. The standard InChI is InChI=1S/C16H25N3O/c1-2-19(15-10-8-13(17)9-11-15)12-16(20)18-14-6-4-3-5-7-14/h3-7,13,15H,2,8-12,17H2,1H3,(H,18,20). The Bertz CT molecular complexity index is 413. The molecule has 0 spiro atoms. The van der Waals surface area contributed by atoms with E-state index in [0.29, 0.717) is 18.6 Å². The van der Waals surface area contributed by atoms with Gasteiger partial charge in [-0.05, 0) is 44.4 Å². The first-order chi connectivity index (χ1) is 9.69. The Morgan fingerprint density at radius 3 is 2.50 bits per heavy atom. The van der Waals surface area contributed by atoms with Crippen molar-refractivity contribution in [2.45, 2.75) is 44.7 Å². The highest BCUT2D eigenvalue weighted by atomic mass is 16.2. The van der Waals surface area contributed by atoms with Crippen LogP contribution in [0.5, 0.6) is 0 Å². The van der Waals surface area contributed by atoms with Crippen LogP contribution in [-0.4, -0.2) is 36.0 Å². The van der Waals surface area contributed by atoms with Gasteiger partial charge in [0.1, 0.15) is 0 Å². The summed E-state index contributed by atoms with van der Waals surface area (Å²) in [7, 11) is 0. The largest absolute Gasteiger partial charge is 0.328 e. The third kappa shape index (κ3) is 4.32. The van der Waals surface area contributed by atoms with Gasteiger partial charge in [0.05, 0.1) is 6.54 Å². The highest BCUT2D eigenvalue weighted by Crippen LogP contribution is 2.21. The van der Waals surface area contributed by atoms with Crippen LogP contribution in [0.1, 0.15) is 32.6 Å². The quantitative estimate of drug-likeness (QED) is 0.866. The van der Waals surface area contributed by atoms with E-state index in [-0.39, 0.29) is 5.91 Å². The van der Waals surface area contributed by atoms with Gasteiger partial charge in [-0.2, -0.15) is 0 Å². The summed E-state index contributed by atoms with van der Waals surface area (Å²) in [5.74, 6) is 0.0629. The molecule has 3 N–H and O–H groups in total. The Labute approximate surface area is 121 Å². The molecular formula is C16H25N3O. The number of carbonyl (C=O) groups excluding carboxylic acids is 1. The number of nitrogens with two attached hydrogens (primary N) is 1. The zero-order chi connectivity index (χ0) is 14.4. The van der Waals surface area contributed by atoms with Crippen LogP contribution in [0.25, 0.3) is 0 Å². The molecule has 4 nitrogen and oxygen atoms in total. The van der Waals surface area contributed by atoms with E-state index in [1.165, 1.54) is 0 Å². The Hall–Kier alpha value is -1.39. The molecule has 1 saturated carbocycles. The molecule has 1 amide bonds. The van der Waals surface area contributed by atoms with Gasteiger partial charge in [-0.1, -0.05) is 25.1 Å². The van der Waals surface area contributed by atoms with Crippen LogP contribution >= 0.6 is 0 Å². The number of nitrogens with one attached hydrogen (secondary N) is 1. The van der Waals surface area contributed by atoms with Crippen molar-refractivity contribution in [1.29, 1.82) is 0 Å². The molecule has 110 valence electrons. The second-order valence-corrected chi connectivity index (χ2v) is 5.55. The van der Waals surface area contributed by atoms with Crippen molar-refractivity contribution in [3.8, 4) is 0 Å². The third-order valence-electron chi connectivity index (χ3n) is 4.07. The summed E-state index contributed by atoms with van der Waals surface area (Å²) in [4.78, 5) is 14.4. The number of anilines is 1. The summed E-state index contributed by atoms with van der Waals surface area (Å²) in [5.41, 5.74) is 6.80. The fraction of sp³-hybridized carbons (Fsp3) is 0.562. The van der Waals surface area contributed by atoms with Gasteiger partial charge in [-0.3, -0.25) is 9.69 Å². The van der Waals surface area contributed by atoms with Gasteiger partial charge in [-0.25, -0.2) is 0 Å². The average Bonchev–Trinajstić information content (AvgIpc) is 2.47. The van der Waals surface area contributed by atoms with E-state index in [1.54, 1.807) is 0 Å². The summed E-state index contributed by atoms with van der Waals surface area (Å²) in [6.45, 7) is 3.48. The van der Waals surface area contributed by atoms with E-state index in [9.17, 15) is 4.79 Å². The first-order valence-corrected chi connectivity index (χ1v) is 7.53. The lowest BCUT2D eigenvalue weighted by molar-refractivity contribution is -0.118. The van der Waals surface area contributed by atoms with Crippen LogP contribution in [0.4, 0.5) is 5.69 Å². The lowest BCUT2D eigenvalue weighted by Crippen LogP contribution is -2.44. The van der Waals surface area contributed by atoms with E-state index in [0.717, 1.165) is 37.9 Å². The smallest absolute Gasteiger partial charge is 0.238 e. The molecule has 1 aromatic rings. The van der Waals surface area contributed by atoms with E-state index < -0.39 is 0 Å². The SMILES string of the molecule is CCN(CC(=O)Nc1ccccc1)C1CCC(N)CC1. The lowest BCUT2D eigenvalue weighted by Gasteiger charge is -2.34. The molecule has 0 aromatic heterocycles. The van der Waals surface area contributed by atoms with Gasteiger partial charge < -0.3 is 11.1 Å². The Balaban J connectivity index is 1.85. The summed E-state index contributed by atoms with van der Waals surface area (Å²) >= 11 is 0. The monoisotopic (exact) mass is 275 g/mol. The van der Waals surface area contributed by atoms with Crippen LogP contribution in [0.15, 0.2) is 30.3 Å². The molecule has 0 bridgehead atoms. The van der Waals surface area contributed by atoms with Crippen molar-refractivity contribution in [3.63, 3.8) is 0 Å². The lowest BCUT2D eigenvalue weighted by atomic mass is 9.91. The maximum atomic E-state index is 12.1. The van der Waals surface area contributed by atoms with Crippen molar-refractivity contribution in [1.82, 2.24) is 4.90 Å². The predicted molar refractivity (Wildman–Crippen MR) is 82.6 cm³/mol. The maximum Gasteiger partial charge on any atom is 0.238 e. The molecule has 0 aliphatic heterocycles. The number of para-hydroxylation sites is 1. The molecule has 1 fully saturated rings. The van der Waals surface area contributed by atoms with Crippen LogP contribution < -0.4 is 11.1 Å². The molecule has 0 unspecified atom stereocenters. The highest BCUT2D eigenvalue weighted by Gasteiger charge is 2.24. The van der Waals surface area contributed by atoms with E-state index >= 15 is 0 Å². The van der Waals surface area contributed by atoms with Gasteiger partial charge >= 0.3 is 0 Å². The second-order valence-electron chi connectivity index (χ2n) is 5.55. The van der Waals surface area contributed by atoms with Crippen LogP contribution in [0.2, 0.25) is 0 Å². The first-order valence-electron chi connectivity index (χ1n) is 7.53. The molecule has 0 atom stereocenters. The van der Waals surface area contributed by atoms with Gasteiger partial charge in [-0.15, -0.1) is 0 Å². The van der Waals surface area contributed by atoms with E-state index in [1.807, 2.05) is 30.3 Å². The number of rotatable bonds is 5. The minimum atomic E-state index is 0.0629. The second kappa shape index (κ2) is 7.41. The van der Waals surface area contributed by atoms with Crippen molar-refractivity contribution >= 4 is 11.6 Å². The molecule has 1 aromatic carbocycles. The zero-order valence-electron chi connectivity index (χ0n) is 12.2. The first kappa shape index (κ1) is 15.0. The van der Waals surface area contributed by atoms with Crippen LogP contribution in [-0.2, 0) is 4.79 Å². The average molecular weight is 275 g/mol.